The minimum absolute atomic E-state index is 0.0375. The standard InChI is InChI=1S/C22H36N2O5S/c1-4-6-10-23-19(26)18-22-14(3)13-15(30-22)16(21(28)29-5-2)17(22)20(27)24(18)11-8-7-9-12-25/h14-18,25H,4-13H2,1-3H3,(H,23,26)/t14?,15-,16+,17-,18?,22?/m0/s1. The summed E-state index contributed by atoms with van der Waals surface area (Å²) in [6.45, 7) is 7.48. The Morgan fingerprint density at radius 1 is 1.27 bits per heavy atom. The first-order valence-electron chi connectivity index (χ1n) is 11.5. The van der Waals surface area contributed by atoms with E-state index in [0.29, 0.717) is 26.1 Å². The van der Waals surface area contributed by atoms with Crippen LogP contribution in [0.5, 0.6) is 0 Å². The molecule has 3 aliphatic heterocycles. The Kier molecular flexibility index (Phi) is 7.71. The average Bonchev–Trinajstić information content (AvgIpc) is 3.29. The predicted molar refractivity (Wildman–Crippen MR) is 116 cm³/mol. The van der Waals surface area contributed by atoms with Crippen LogP contribution in [0.3, 0.4) is 0 Å². The van der Waals surface area contributed by atoms with Gasteiger partial charge in [0.2, 0.25) is 11.8 Å². The van der Waals surface area contributed by atoms with Crippen molar-refractivity contribution in [3.63, 3.8) is 0 Å². The van der Waals surface area contributed by atoms with Crippen molar-refractivity contribution in [1.29, 1.82) is 0 Å². The maximum absolute atomic E-state index is 13.6. The molecule has 3 fully saturated rings. The number of esters is 1. The molecule has 1 spiro atoms. The van der Waals surface area contributed by atoms with E-state index in [-0.39, 0.29) is 35.6 Å². The summed E-state index contributed by atoms with van der Waals surface area (Å²) in [7, 11) is 0. The molecule has 0 radical (unpaired) electrons. The number of nitrogens with zero attached hydrogens (tertiary/aromatic N) is 1. The predicted octanol–water partition coefficient (Wildman–Crippen LogP) is 1.97. The number of unbranched alkanes of at least 4 members (excludes halogenated alkanes) is 3. The second-order valence-electron chi connectivity index (χ2n) is 8.77. The number of nitrogens with one attached hydrogen (secondary N) is 1. The van der Waals surface area contributed by atoms with E-state index in [2.05, 4.69) is 19.2 Å². The van der Waals surface area contributed by atoms with Gasteiger partial charge in [-0.15, -0.1) is 11.8 Å². The zero-order valence-corrected chi connectivity index (χ0v) is 19.2. The molecule has 170 valence electrons. The Bertz CT molecular complexity index is 659. The highest BCUT2D eigenvalue weighted by atomic mass is 32.2. The molecular formula is C22H36N2O5S. The van der Waals surface area contributed by atoms with Gasteiger partial charge in [0.1, 0.15) is 6.04 Å². The Balaban J connectivity index is 1.90. The Hall–Kier alpha value is -1.28. The summed E-state index contributed by atoms with van der Waals surface area (Å²) < 4.78 is 4.78. The van der Waals surface area contributed by atoms with E-state index in [0.717, 1.165) is 32.1 Å². The van der Waals surface area contributed by atoms with E-state index in [1.807, 2.05) is 0 Å². The number of ether oxygens (including phenoxy) is 1. The van der Waals surface area contributed by atoms with Crippen molar-refractivity contribution in [2.45, 2.75) is 75.3 Å². The quantitative estimate of drug-likeness (QED) is 0.377. The van der Waals surface area contributed by atoms with Gasteiger partial charge in [-0.3, -0.25) is 14.4 Å². The molecule has 0 aliphatic carbocycles. The maximum Gasteiger partial charge on any atom is 0.310 e. The SMILES string of the molecule is CCCCNC(=O)C1N(CCCCCO)C(=O)[C@@H]2[C@H](C(=O)OCC)[C@@H]3CC(C)C12S3. The molecule has 2 N–H and O–H groups in total. The Morgan fingerprint density at radius 2 is 2.03 bits per heavy atom. The van der Waals surface area contributed by atoms with Crippen molar-refractivity contribution in [3.8, 4) is 0 Å². The van der Waals surface area contributed by atoms with Crippen molar-refractivity contribution in [3.05, 3.63) is 0 Å². The first-order valence-corrected chi connectivity index (χ1v) is 12.3. The lowest BCUT2D eigenvalue weighted by atomic mass is 9.66. The number of amides is 2. The molecule has 0 aromatic rings. The van der Waals surface area contributed by atoms with Crippen LogP contribution in [0.25, 0.3) is 0 Å². The smallest absolute Gasteiger partial charge is 0.310 e. The largest absolute Gasteiger partial charge is 0.466 e. The van der Waals surface area contributed by atoms with Crippen LogP contribution in [-0.2, 0) is 19.1 Å². The number of thioether (sulfide) groups is 1. The van der Waals surface area contributed by atoms with Gasteiger partial charge in [0.25, 0.3) is 0 Å². The van der Waals surface area contributed by atoms with Crippen LogP contribution in [0.15, 0.2) is 0 Å². The van der Waals surface area contributed by atoms with E-state index in [1.165, 1.54) is 0 Å². The van der Waals surface area contributed by atoms with Crippen LogP contribution >= 0.6 is 11.8 Å². The highest BCUT2D eigenvalue weighted by molar-refractivity contribution is 8.02. The molecule has 3 rings (SSSR count). The first-order chi connectivity index (χ1) is 14.4. The average molecular weight is 441 g/mol. The fourth-order valence-electron chi connectivity index (χ4n) is 5.62. The summed E-state index contributed by atoms with van der Waals surface area (Å²) in [6, 6.07) is -0.551. The molecule has 0 aromatic heterocycles. The van der Waals surface area contributed by atoms with Gasteiger partial charge >= 0.3 is 5.97 Å². The minimum atomic E-state index is -0.563. The van der Waals surface area contributed by atoms with Crippen molar-refractivity contribution < 1.29 is 24.2 Å². The zero-order chi connectivity index (χ0) is 21.9. The highest BCUT2D eigenvalue weighted by Crippen LogP contribution is 2.68. The molecule has 3 heterocycles. The minimum Gasteiger partial charge on any atom is -0.466 e. The maximum atomic E-state index is 13.6. The summed E-state index contributed by atoms with van der Waals surface area (Å²) in [5.74, 6) is -1.24. The molecule has 0 aromatic carbocycles. The zero-order valence-electron chi connectivity index (χ0n) is 18.4. The number of aliphatic hydroxyl groups excluding tert-OH is 1. The van der Waals surface area contributed by atoms with Crippen LogP contribution < -0.4 is 5.32 Å². The summed E-state index contributed by atoms with van der Waals surface area (Å²) in [5.41, 5.74) is 0. The highest BCUT2D eigenvalue weighted by Gasteiger charge is 2.76. The number of likely N-dealkylation sites (tertiary alicyclic amines) is 1. The molecule has 30 heavy (non-hydrogen) atoms. The van der Waals surface area contributed by atoms with Gasteiger partial charge in [0.05, 0.1) is 23.2 Å². The number of aliphatic hydroxyl groups is 1. The lowest BCUT2D eigenvalue weighted by Crippen LogP contribution is -2.56. The van der Waals surface area contributed by atoms with Crippen LogP contribution in [0.4, 0.5) is 0 Å². The first kappa shape index (κ1) is 23.4. The number of carbonyl (C=O) groups excluding carboxylic acids is 3. The van der Waals surface area contributed by atoms with Gasteiger partial charge in [-0.25, -0.2) is 0 Å². The lowest BCUT2D eigenvalue weighted by molar-refractivity contribution is -0.154. The summed E-state index contributed by atoms with van der Waals surface area (Å²) in [4.78, 5) is 41.5. The second-order valence-corrected chi connectivity index (χ2v) is 10.3. The van der Waals surface area contributed by atoms with Crippen LogP contribution in [-0.4, -0.2) is 70.1 Å². The van der Waals surface area contributed by atoms with E-state index in [9.17, 15) is 14.4 Å². The molecule has 6 atom stereocenters. The van der Waals surface area contributed by atoms with Crippen molar-refractivity contribution in [2.24, 2.45) is 17.8 Å². The molecule has 2 amide bonds. The summed E-state index contributed by atoms with van der Waals surface area (Å²) in [5, 5.41) is 12.2. The third-order valence-electron chi connectivity index (χ3n) is 6.94. The van der Waals surface area contributed by atoms with Gasteiger partial charge < -0.3 is 20.1 Å². The third kappa shape index (κ3) is 3.85. The Morgan fingerprint density at radius 3 is 2.70 bits per heavy atom. The van der Waals surface area contributed by atoms with Gasteiger partial charge in [0.15, 0.2) is 0 Å². The van der Waals surface area contributed by atoms with Gasteiger partial charge in [-0.1, -0.05) is 20.3 Å². The van der Waals surface area contributed by atoms with E-state index >= 15 is 0 Å². The van der Waals surface area contributed by atoms with Crippen LogP contribution in [0.1, 0.15) is 59.3 Å². The number of hydrogen-bond donors (Lipinski definition) is 2. The number of hydrogen-bond acceptors (Lipinski definition) is 6. The van der Waals surface area contributed by atoms with Gasteiger partial charge in [0, 0.05) is 24.9 Å². The molecule has 2 bridgehead atoms. The third-order valence-corrected chi connectivity index (χ3v) is 9.02. The fraction of sp³-hybridized carbons (Fsp3) is 0.864. The van der Waals surface area contributed by atoms with Crippen LogP contribution in [0, 0.1) is 17.8 Å². The molecular weight excluding hydrogens is 404 g/mol. The monoisotopic (exact) mass is 440 g/mol. The molecule has 8 heteroatoms. The van der Waals surface area contributed by atoms with Crippen LogP contribution in [0.2, 0.25) is 0 Å². The van der Waals surface area contributed by atoms with E-state index in [4.69, 9.17) is 9.84 Å². The molecule has 3 aliphatic rings. The fourth-order valence-corrected chi connectivity index (χ4v) is 8.03. The van der Waals surface area contributed by atoms with Gasteiger partial charge in [-0.05, 0) is 44.9 Å². The molecule has 3 saturated heterocycles. The summed E-state index contributed by atoms with van der Waals surface area (Å²) >= 11 is 1.68. The van der Waals surface area contributed by atoms with Gasteiger partial charge in [-0.2, -0.15) is 0 Å². The normalized spacial score (nSPS) is 34.3. The summed E-state index contributed by atoms with van der Waals surface area (Å²) in [6.07, 6.45) is 4.93. The molecule has 3 unspecified atom stereocenters. The lowest BCUT2D eigenvalue weighted by Gasteiger charge is -2.38. The Labute approximate surface area is 183 Å². The van der Waals surface area contributed by atoms with Crippen molar-refractivity contribution in [1.82, 2.24) is 10.2 Å². The van der Waals surface area contributed by atoms with E-state index < -0.39 is 22.6 Å². The second kappa shape index (κ2) is 9.90. The van der Waals surface area contributed by atoms with Crippen molar-refractivity contribution in [2.75, 3.05) is 26.3 Å². The number of carbonyl (C=O) groups is 3. The topological polar surface area (TPSA) is 95.9 Å². The molecule has 0 saturated carbocycles. The van der Waals surface area contributed by atoms with Crippen molar-refractivity contribution >= 4 is 29.5 Å². The number of fused-ring (bicyclic) bond motifs is 1. The number of rotatable bonds is 11. The molecule has 7 nitrogen and oxygen atoms in total. The van der Waals surface area contributed by atoms with E-state index in [1.54, 1.807) is 23.6 Å².